The van der Waals surface area contributed by atoms with E-state index in [2.05, 4.69) is 4.98 Å². The maximum absolute atomic E-state index is 11.9. The van der Waals surface area contributed by atoms with Gasteiger partial charge in [-0.2, -0.15) is 0 Å². The fraction of sp³-hybridized carbons (Fsp3) is 0.500. The molecular formula is C12H18N2O4. The molecule has 0 aliphatic rings. The monoisotopic (exact) mass is 254 g/mol. The Morgan fingerprint density at radius 1 is 1.33 bits per heavy atom. The number of nitrogens with zero attached hydrogens (tertiary/aromatic N) is 1. The minimum absolute atomic E-state index is 0.152. The average Bonchev–Trinajstić information content (AvgIpc) is 2.32. The molecule has 0 fully saturated rings. The van der Waals surface area contributed by atoms with Gasteiger partial charge in [-0.15, -0.1) is 0 Å². The molecule has 6 heteroatoms. The first-order valence-corrected chi connectivity index (χ1v) is 5.84. The average molecular weight is 254 g/mol. The van der Waals surface area contributed by atoms with E-state index in [1.54, 1.807) is 7.05 Å². The molecule has 1 aromatic heterocycles. The van der Waals surface area contributed by atoms with E-state index in [9.17, 15) is 14.7 Å². The molecule has 0 unspecified atom stereocenters. The second-order valence-corrected chi connectivity index (χ2v) is 4.13. The number of carbonyl (C=O) groups is 1. The molecule has 0 aromatic carbocycles. The third-order valence-electron chi connectivity index (χ3n) is 2.58. The van der Waals surface area contributed by atoms with Crippen LogP contribution in [0.25, 0.3) is 0 Å². The van der Waals surface area contributed by atoms with Crippen LogP contribution in [0.15, 0.2) is 16.9 Å². The van der Waals surface area contributed by atoms with Crippen LogP contribution in [0, 0.1) is 0 Å². The van der Waals surface area contributed by atoms with Crippen molar-refractivity contribution in [1.29, 1.82) is 0 Å². The van der Waals surface area contributed by atoms with Gasteiger partial charge in [0.25, 0.3) is 11.5 Å². The van der Waals surface area contributed by atoms with Crippen molar-refractivity contribution in [2.45, 2.75) is 19.3 Å². The third kappa shape index (κ3) is 4.21. The van der Waals surface area contributed by atoms with Crippen LogP contribution in [0.2, 0.25) is 0 Å². The van der Waals surface area contributed by atoms with Gasteiger partial charge in [-0.25, -0.2) is 0 Å². The third-order valence-corrected chi connectivity index (χ3v) is 2.58. The Labute approximate surface area is 105 Å². The predicted octanol–water partition coefficient (Wildman–Crippen LogP) is 0.315. The Balaban J connectivity index is 2.60. The highest BCUT2D eigenvalue weighted by Gasteiger charge is 2.12. The lowest BCUT2D eigenvalue weighted by molar-refractivity contribution is 0.0791. The fourth-order valence-corrected chi connectivity index (χ4v) is 1.61. The summed E-state index contributed by atoms with van der Waals surface area (Å²) >= 11 is 0. The van der Waals surface area contributed by atoms with Crippen molar-refractivity contribution in [2.75, 3.05) is 20.2 Å². The first kappa shape index (κ1) is 14.2. The van der Waals surface area contributed by atoms with Crippen LogP contribution in [0.1, 0.15) is 29.6 Å². The maximum Gasteiger partial charge on any atom is 0.253 e. The summed E-state index contributed by atoms with van der Waals surface area (Å²) in [4.78, 5) is 26.7. The van der Waals surface area contributed by atoms with E-state index in [-0.39, 0.29) is 24.0 Å². The molecule has 0 aliphatic heterocycles. The molecule has 0 radical (unpaired) electrons. The lowest BCUT2D eigenvalue weighted by Crippen LogP contribution is -2.28. The van der Waals surface area contributed by atoms with Crippen molar-refractivity contribution >= 4 is 5.91 Å². The summed E-state index contributed by atoms with van der Waals surface area (Å²) in [6, 6.07) is 2.39. The number of aromatic hydroxyl groups is 1. The second-order valence-electron chi connectivity index (χ2n) is 4.13. The van der Waals surface area contributed by atoms with Crippen LogP contribution >= 0.6 is 0 Å². The largest absolute Gasteiger partial charge is 0.494 e. The number of pyridine rings is 1. The number of hydrogen-bond acceptors (Lipinski definition) is 4. The summed E-state index contributed by atoms with van der Waals surface area (Å²) in [5, 5.41) is 17.8. The molecule has 0 spiro atoms. The highest BCUT2D eigenvalue weighted by molar-refractivity contribution is 5.94. The van der Waals surface area contributed by atoms with E-state index in [0.717, 1.165) is 18.9 Å². The van der Waals surface area contributed by atoms with Crippen molar-refractivity contribution < 1.29 is 15.0 Å². The maximum atomic E-state index is 11.9. The Hall–Kier alpha value is -1.82. The zero-order valence-electron chi connectivity index (χ0n) is 10.3. The summed E-state index contributed by atoms with van der Waals surface area (Å²) in [6.07, 6.45) is 2.35. The van der Waals surface area contributed by atoms with Gasteiger partial charge in [-0.1, -0.05) is 0 Å². The molecule has 1 heterocycles. The summed E-state index contributed by atoms with van der Waals surface area (Å²) in [7, 11) is 1.64. The Morgan fingerprint density at radius 3 is 2.67 bits per heavy atom. The standard InChI is InChI=1S/C12H18N2O4/c1-14(5-3-2-4-6-15)12(18)9-7-10(16)13-11(17)8-9/h7-8,15H,2-6H2,1H3,(H2,13,16,17). The molecule has 1 aromatic rings. The van der Waals surface area contributed by atoms with Gasteiger partial charge in [-0.05, 0) is 19.3 Å². The highest BCUT2D eigenvalue weighted by Crippen LogP contribution is 2.08. The molecular weight excluding hydrogens is 236 g/mol. The number of aromatic amines is 1. The van der Waals surface area contributed by atoms with E-state index >= 15 is 0 Å². The van der Waals surface area contributed by atoms with Crippen molar-refractivity contribution in [1.82, 2.24) is 9.88 Å². The van der Waals surface area contributed by atoms with E-state index in [1.807, 2.05) is 0 Å². The van der Waals surface area contributed by atoms with Crippen LogP contribution in [-0.2, 0) is 0 Å². The number of nitrogens with one attached hydrogen (secondary N) is 1. The quantitative estimate of drug-likeness (QED) is 0.637. The van der Waals surface area contributed by atoms with Crippen molar-refractivity contribution in [3.05, 3.63) is 28.0 Å². The van der Waals surface area contributed by atoms with Crippen molar-refractivity contribution in [3.8, 4) is 5.88 Å². The summed E-state index contributed by atoms with van der Waals surface area (Å²) < 4.78 is 0. The second kappa shape index (κ2) is 6.80. The minimum atomic E-state index is -0.507. The SMILES string of the molecule is CN(CCCCCO)C(=O)c1cc(O)[nH]c(=O)c1. The molecule has 0 aliphatic carbocycles. The molecule has 1 amide bonds. The summed E-state index contributed by atoms with van der Waals surface area (Å²) in [5.74, 6) is -0.625. The Kier molecular flexibility index (Phi) is 5.38. The van der Waals surface area contributed by atoms with Gasteiger partial charge in [-0.3, -0.25) is 14.6 Å². The van der Waals surface area contributed by atoms with Crippen molar-refractivity contribution in [3.63, 3.8) is 0 Å². The van der Waals surface area contributed by atoms with Crippen LogP contribution in [0.4, 0.5) is 0 Å². The molecule has 0 saturated carbocycles. The number of H-pyrrole nitrogens is 1. The number of aromatic nitrogens is 1. The van der Waals surface area contributed by atoms with Gasteiger partial charge in [0, 0.05) is 32.3 Å². The fourth-order valence-electron chi connectivity index (χ4n) is 1.61. The number of hydrogen-bond donors (Lipinski definition) is 3. The molecule has 3 N–H and O–H groups in total. The number of unbranched alkanes of at least 4 members (excludes halogenated alkanes) is 2. The molecule has 1 rings (SSSR count). The minimum Gasteiger partial charge on any atom is -0.494 e. The van der Waals surface area contributed by atoms with Crippen LogP contribution in [0.5, 0.6) is 5.88 Å². The van der Waals surface area contributed by atoms with E-state index in [4.69, 9.17) is 5.11 Å². The van der Waals surface area contributed by atoms with Gasteiger partial charge >= 0.3 is 0 Å². The zero-order valence-corrected chi connectivity index (χ0v) is 10.3. The number of carbonyl (C=O) groups excluding carboxylic acids is 1. The Bertz CT molecular complexity index is 456. The Morgan fingerprint density at radius 2 is 2.06 bits per heavy atom. The molecule has 0 saturated heterocycles. The molecule has 0 atom stereocenters. The molecule has 6 nitrogen and oxygen atoms in total. The highest BCUT2D eigenvalue weighted by atomic mass is 16.3. The first-order valence-electron chi connectivity index (χ1n) is 5.84. The topological polar surface area (TPSA) is 93.6 Å². The predicted molar refractivity (Wildman–Crippen MR) is 66.6 cm³/mol. The normalized spacial score (nSPS) is 10.3. The van der Waals surface area contributed by atoms with E-state index in [1.165, 1.54) is 11.0 Å². The number of rotatable bonds is 6. The number of amides is 1. The molecule has 0 bridgehead atoms. The van der Waals surface area contributed by atoms with Gasteiger partial charge in [0.1, 0.15) is 0 Å². The van der Waals surface area contributed by atoms with Gasteiger partial charge in [0.2, 0.25) is 0 Å². The smallest absolute Gasteiger partial charge is 0.253 e. The number of aliphatic hydroxyl groups is 1. The van der Waals surface area contributed by atoms with Gasteiger partial charge < -0.3 is 15.1 Å². The number of aliphatic hydroxyl groups excluding tert-OH is 1. The van der Waals surface area contributed by atoms with Crippen LogP contribution in [-0.4, -0.2) is 46.2 Å². The van der Waals surface area contributed by atoms with Gasteiger partial charge in [0.05, 0.1) is 5.56 Å². The summed E-state index contributed by atoms with van der Waals surface area (Å²) in [5.41, 5.74) is -0.340. The van der Waals surface area contributed by atoms with Gasteiger partial charge in [0.15, 0.2) is 5.88 Å². The van der Waals surface area contributed by atoms with Crippen LogP contribution < -0.4 is 5.56 Å². The zero-order chi connectivity index (χ0) is 13.5. The lowest BCUT2D eigenvalue weighted by atomic mass is 10.2. The van der Waals surface area contributed by atoms with Crippen molar-refractivity contribution in [2.24, 2.45) is 0 Å². The van der Waals surface area contributed by atoms with Crippen LogP contribution in [0.3, 0.4) is 0 Å². The summed E-state index contributed by atoms with van der Waals surface area (Å²) in [6.45, 7) is 0.700. The lowest BCUT2D eigenvalue weighted by Gasteiger charge is -2.16. The van der Waals surface area contributed by atoms with E-state index in [0.29, 0.717) is 13.0 Å². The molecule has 100 valence electrons. The van der Waals surface area contributed by atoms with E-state index < -0.39 is 5.56 Å². The molecule has 18 heavy (non-hydrogen) atoms. The first-order chi connectivity index (χ1) is 8.54.